The second kappa shape index (κ2) is 5.21. The van der Waals surface area contributed by atoms with E-state index in [4.69, 9.17) is 15.6 Å². The van der Waals surface area contributed by atoms with Crippen LogP contribution >= 0.6 is 0 Å². The number of hydrogen-bond acceptors (Lipinski definition) is 4. The normalized spacial score (nSPS) is 9.73. The van der Waals surface area contributed by atoms with Crippen LogP contribution in [0.15, 0.2) is 18.2 Å². The van der Waals surface area contributed by atoms with Crippen LogP contribution in [0.4, 0.5) is 5.69 Å². The van der Waals surface area contributed by atoms with E-state index in [1.807, 2.05) is 0 Å². The highest BCUT2D eigenvalue weighted by Crippen LogP contribution is 2.22. The lowest BCUT2D eigenvalue weighted by Gasteiger charge is -2.08. The highest BCUT2D eigenvalue weighted by atomic mass is 16.5. The van der Waals surface area contributed by atoms with Crippen LogP contribution < -0.4 is 15.8 Å². The van der Waals surface area contributed by atoms with Crippen molar-refractivity contribution in [1.29, 1.82) is 0 Å². The number of nitrogens with one attached hydrogen (secondary N) is 1. The Hall–Kier alpha value is -1.75. The van der Waals surface area contributed by atoms with Crippen LogP contribution in [-0.2, 0) is 0 Å². The Bertz CT molecular complexity index is 353. The molecule has 1 aromatic rings. The summed E-state index contributed by atoms with van der Waals surface area (Å²) in [6.45, 7) is 0.111. The number of carbonyl (C=O) groups excluding carboxylic acids is 1. The van der Waals surface area contributed by atoms with Gasteiger partial charge in [0.2, 0.25) is 0 Å². The van der Waals surface area contributed by atoms with Gasteiger partial charge in [0.05, 0.1) is 12.3 Å². The van der Waals surface area contributed by atoms with Crippen LogP contribution in [0.2, 0.25) is 0 Å². The van der Waals surface area contributed by atoms with Gasteiger partial charge in [0.15, 0.2) is 0 Å². The minimum absolute atomic E-state index is 0.0728. The number of benzene rings is 1. The van der Waals surface area contributed by atoms with Crippen molar-refractivity contribution in [1.82, 2.24) is 5.32 Å². The van der Waals surface area contributed by atoms with E-state index in [9.17, 15) is 4.79 Å². The van der Waals surface area contributed by atoms with Crippen LogP contribution in [0, 0.1) is 0 Å². The van der Waals surface area contributed by atoms with Crippen molar-refractivity contribution in [3.63, 3.8) is 0 Å². The number of aliphatic hydroxyl groups excluding tert-OH is 1. The van der Waals surface area contributed by atoms with Gasteiger partial charge in [-0.3, -0.25) is 4.79 Å². The predicted octanol–water partition coefficient (Wildman–Crippen LogP) is -0.000500. The molecule has 0 radical (unpaired) electrons. The molecule has 1 aromatic carbocycles. The standard InChI is InChI=1S/C10H14N2O3/c1-12-10(14)7-2-3-9(8(11)6-7)15-5-4-13/h2-3,6,13H,4-5,11H2,1H3,(H,12,14). The Morgan fingerprint density at radius 1 is 1.60 bits per heavy atom. The van der Waals surface area contributed by atoms with Crippen molar-refractivity contribution >= 4 is 11.6 Å². The maximum atomic E-state index is 11.2. The van der Waals surface area contributed by atoms with Crippen molar-refractivity contribution in [2.45, 2.75) is 0 Å². The van der Waals surface area contributed by atoms with Gasteiger partial charge < -0.3 is 20.9 Å². The third-order valence-electron chi connectivity index (χ3n) is 1.85. The monoisotopic (exact) mass is 210 g/mol. The highest BCUT2D eigenvalue weighted by Gasteiger charge is 2.06. The Morgan fingerprint density at radius 2 is 2.33 bits per heavy atom. The van der Waals surface area contributed by atoms with Crippen molar-refractivity contribution in [2.75, 3.05) is 26.0 Å². The third kappa shape index (κ3) is 2.85. The predicted molar refractivity (Wildman–Crippen MR) is 56.8 cm³/mol. The van der Waals surface area contributed by atoms with Crippen LogP contribution in [0.5, 0.6) is 5.75 Å². The van der Waals surface area contributed by atoms with Crippen molar-refractivity contribution < 1.29 is 14.6 Å². The quantitative estimate of drug-likeness (QED) is 0.611. The summed E-state index contributed by atoms with van der Waals surface area (Å²) in [5.41, 5.74) is 6.53. The van der Waals surface area contributed by atoms with Gasteiger partial charge in [-0.05, 0) is 18.2 Å². The SMILES string of the molecule is CNC(=O)c1ccc(OCCO)c(N)c1. The molecule has 1 rings (SSSR count). The molecule has 5 nitrogen and oxygen atoms in total. The van der Waals surface area contributed by atoms with E-state index in [0.29, 0.717) is 17.0 Å². The molecule has 0 aliphatic rings. The molecule has 4 N–H and O–H groups in total. The average molecular weight is 210 g/mol. The fourth-order valence-corrected chi connectivity index (χ4v) is 1.12. The summed E-state index contributed by atoms with van der Waals surface area (Å²) in [4.78, 5) is 11.2. The van der Waals surface area contributed by atoms with E-state index >= 15 is 0 Å². The zero-order chi connectivity index (χ0) is 11.3. The van der Waals surface area contributed by atoms with Crippen molar-refractivity contribution in [3.8, 4) is 5.75 Å². The number of nitrogen functional groups attached to an aromatic ring is 1. The van der Waals surface area contributed by atoms with E-state index in [-0.39, 0.29) is 19.1 Å². The van der Waals surface area contributed by atoms with E-state index in [0.717, 1.165) is 0 Å². The maximum Gasteiger partial charge on any atom is 0.251 e. The first-order valence-electron chi connectivity index (χ1n) is 4.54. The molecule has 0 spiro atoms. The van der Waals surface area contributed by atoms with Crippen LogP contribution in [-0.4, -0.2) is 31.3 Å². The Balaban J connectivity index is 2.83. The molecule has 0 heterocycles. The summed E-state index contributed by atoms with van der Waals surface area (Å²) in [6.07, 6.45) is 0. The highest BCUT2D eigenvalue weighted by molar-refractivity contribution is 5.95. The van der Waals surface area contributed by atoms with Gasteiger partial charge in [-0.1, -0.05) is 0 Å². The Labute approximate surface area is 87.9 Å². The number of nitrogens with two attached hydrogens (primary N) is 1. The lowest BCUT2D eigenvalue weighted by molar-refractivity contribution is 0.0963. The first-order valence-corrected chi connectivity index (χ1v) is 4.54. The smallest absolute Gasteiger partial charge is 0.251 e. The van der Waals surface area contributed by atoms with Gasteiger partial charge in [-0.25, -0.2) is 0 Å². The molecule has 0 bridgehead atoms. The zero-order valence-electron chi connectivity index (χ0n) is 8.49. The minimum atomic E-state index is -0.199. The van der Waals surface area contributed by atoms with Crippen LogP contribution in [0.1, 0.15) is 10.4 Å². The lowest BCUT2D eigenvalue weighted by atomic mass is 10.2. The Morgan fingerprint density at radius 3 is 2.87 bits per heavy atom. The summed E-state index contributed by atoms with van der Waals surface area (Å²) in [5, 5.41) is 11.1. The first-order chi connectivity index (χ1) is 7.19. The number of carbonyl (C=O) groups is 1. The topological polar surface area (TPSA) is 84.6 Å². The molecule has 0 unspecified atom stereocenters. The fraction of sp³-hybridized carbons (Fsp3) is 0.300. The summed E-state index contributed by atoms with van der Waals surface area (Å²) in [6, 6.07) is 4.75. The van der Waals surface area contributed by atoms with Gasteiger partial charge in [0.25, 0.3) is 5.91 Å². The summed E-state index contributed by atoms with van der Waals surface area (Å²) in [5.74, 6) is 0.270. The average Bonchev–Trinajstić information content (AvgIpc) is 2.26. The van der Waals surface area contributed by atoms with Crippen LogP contribution in [0.25, 0.3) is 0 Å². The summed E-state index contributed by atoms with van der Waals surface area (Å²) in [7, 11) is 1.55. The molecular formula is C10H14N2O3. The minimum Gasteiger partial charge on any atom is -0.489 e. The third-order valence-corrected chi connectivity index (χ3v) is 1.85. The zero-order valence-corrected chi connectivity index (χ0v) is 8.49. The van der Waals surface area contributed by atoms with Gasteiger partial charge in [0.1, 0.15) is 12.4 Å². The fourth-order valence-electron chi connectivity index (χ4n) is 1.12. The largest absolute Gasteiger partial charge is 0.489 e. The second-order valence-electron chi connectivity index (χ2n) is 2.90. The van der Waals surface area contributed by atoms with Gasteiger partial charge in [-0.2, -0.15) is 0 Å². The van der Waals surface area contributed by atoms with E-state index in [1.54, 1.807) is 19.2 Å². The number of ether oxygens (including phenoxy) is 1. The molecular weight excluding hydrogens is 196 g/mol. The Kier molecular flexibility index (Phi) is 3.93. The molecule has 0 atom stereocenters. The van der Waals surface area contributed by atoms with Crippen LogP contribution in [0.3, 0.4) is 0 Å². The number of rotatable bonds is 4. The molecule has 0 aliphatic heterocycles. The molecule has 0 aliphatic carbocycles. The second-order valence-corrected chi connectivity index (χ2v) is 2.90. The van der Waals surface area contributed by atoms with Gasteiger partial charge in [0, 0.05) is 12.6 Å². The number of hydrogen-bond donors (Lipinski definition) is 3. The molecule has 82 valence electrons. The maximum absolute atomic E-state index is 11.2. The lowest BCUT2D eigenvalue weighted by Crippen LogP contribution is -2.18. The first kappa shape index (κ1) is 11.3. The van der Waals surface area contributed by atoms with Crippen molar-refractivity contribution in [3.05, 3.63) is 23.8 Å². The number of aliphatic hydroxyl groups is 1. The molecule has 0 saturated carbocycles. The van der Waals surface area contributed by atoms with Gasteiger partial charge in [-0.15, -0.1) is 0 Å². The molecule has 0 aromatic heterocycles. The van der Waals surface area contributed by atoms with Gasteiger partial charge >= 0.3 is 0 Å². The number of anilines is 1. The van der Waals surface area contributed by atoms with E-state index in [1.165, 1.54) is 6.07 Å². The summed E-state index contributed by atoms with van der Waals surface area (Å²) >= 11 is 0. The molecule has 0 fully saturated rings. The summed E-state index contributed by atoms with van der Waals surface area (Å²) < 4.78 is 5.15. The molecule has 0 saturated heterocycles. The molecule has 5 heteroatoms. The molecule has 15 heavy (non-hydrogen) atoms. The van der Waals surface area contributed by atoms with E-state index in [2.05, 4.69) is 5.32 Å². The van der Waals surface area contributed by atoms with E-state index < -0.39 is 0 Å². The van der Waals surface area contributed by atoms with Crippen molar-refractivity contribution in [2.24, 2.45) is 0 Å². The number of amides is 1. The molecule has 1 amide bonds.